The lowest BCUT2D eigenvalue weighted by atomic mass is 10.1. The molecule has 1 amide bonds. The lowest BCUT2D eigenvalue weighted by molar-refractivity contribution is -0.122. The molecule has 1 heterocycles. The predicted octanol–water partition coefficient (Wildman–Crippen LogP) is 1.80. The highest BCUT2D eigenvalue weighted by atomic mass is 35.5. The molecule has 4 nitrogen and oxygen atoms in total. The van der Waals surface area contributed by atoms with Gasteiger partial charge in [0.05, 0.1) is 13.2 Å². The van der Waals surface area contributed by atoms with Crippen molar-refractivity contribution < 1.29 is 9.53 Å². The Morgan fingerprint density at radius 1 is 1.40 bits per heavy atom. The molecule has 1 aromatic carbocycles. The summed E-state index contributed by atoms with van der Waals surface area (Å²) in [6, 6.07) is 7.82. The van der Waals surface area contributed by atoms with Crippen molar-refractivity contribution in [1.29, 1.82) is 0 Å². The van der Waals surface area contributed by atoms with E-state index in [0.717, 1.165) is 24.6 Å². The topological polar surface area (TPSA) is 50.4 Å². The summed E-state index contributed by atoms with van der Waals surface area (Å²) in [7, 11) is 0. The summed E-state index contributed by atoms with van der Waals surface area (Å²) in [5, 5.41) is 6.92. The number of carbonyl (C=O) groups is 1. The molecule has 2 rings (SSSR count). The van der Waals surface area contributed by atoms with E-state index in [1.807, 2.05) is 24.3 Å². The number of amides is 1. The molecule has 2 N–H and O–H groups in total. The number of ether oxygens (including phenoxy) is 1. The van der Waals surface area contributed by atoms with Crippen LogP contribution in [0.1, 0.15) is 12.0 Å². The largest absolute Gasteiger partial charge is 0.378 e. The minimum atomic E-state index is 0. The van der Waals surface area contributed by atoms with E-state index >= 15 is 0 Å². The summed E-state index contributed by atoms with van der Waals surface area (Å²) in [6.07, 6.45) is 1.29. The highest BCUT2D eigenvalue weighted by Crippen LogP contribution is 2.09. The Bertz CT molecular complexity index is 406. The molecule has 1 aromatic rings. The molecule has 0 spiro atoms. The summed E-state index contributed by atoms with van der Waals surface area (Å²) in [5.41, 5.74) is 1.17. The molecular weight excluding hydrogens is 299 g/mol. The molecule has 0 aliphatic carbocycles. The summed E-state index contributed by atoms with van der Waals surface area (Å²) in [4.78, 5) is 11.7. The molecule has 1 fully saturated rings. The van der Waals surface area contributed by atoms with Crippen LogP contribution in [0.2, 0.25) is 5.02 Å². The molecule has 1 aliphatic heterocycles. The number of carbonyl (C=O) groups excluding carboxylic acids is 1. The third kappa shape index (κ3) is 6.09. The highest BCUT2D eigenvalue weighted by molar-refractivity contribution is 6.30. The van der Waals surface area contributed by atoms with Gasteiger partial charge in [0.25, 0.3) is 0 Å². The maximum Gasteiger partial charge on any atom is 0.221 e. The number of benzene rings is 1. The van der Waals surface area contributed by atoms with E-state index in [1.165, 1.54) is 5.56 Å². The van der Waals surface area contributed by atoms with Crippen molar-refractivity contribution in [3.8, 4) is 0 Å². The van der Waals surface area contributed by atoms with E-state index in [9.17, 15) is 4.79 Å². The van der Waals surface area contributed by atoms with Crippen molar-refractivity contribution in [2.45, 2.75) is 18.9 Å². The van der Waals surface area contributed by atoms with Crippen LogP contribution >= 0.6 is 24.0 Å². The molecule has 0 saturated carbocycles. The number of hydrogen-bond donors (Lipinski definition) is 2. The van der Waals surface area contributed by atoms with Gasteiger partial charge in [-0.3, -0.25) is 4.79 Å². The normalized spacial score (nSPS) is 18.1. The van der Waals surface area contributed by atoms with E-state index in [0.29, 0.717) is 19.6 Å². The van der Waals surface area contributed by atoms with Crippen LogP contribution in [-0.4, -0.2) is 38.3 Å². The van der Waals surface area contributed by atoms with Crippen LogP contribution in [0.5, 0.6) is 0 Å². The van der Waals surface area contributed by atoms with Gasteiger partial charge in [0.1, 0.15) is 0 Å². The average molecular weight is 319 g/mol. The SMILES string of the molecule is Cl.O=C(CC1COCCN1)NCCc1ccc(Cl)cc1. The Hall–Kier alpha value is -0.810. The van der Waals surface area contributed by atoms with Gasteiger partial charge in [-0.05, 0) is 24.1 Å². The monoisotopic (exact) mass is 318 g/mol. The van der Waals surface area contributed by atoms with Crippen molar-refractivity contribution >= 4 is 29.9 Å². The molecule has 1 saturated heterocycles. The minimum absolute atomic E-state index is 0. The van der Waals surface area contributed by atoms with Gasteiger partial charge < -0.3 is 15.4 Å². The van der Waals surface area contributed by atoms with Crippen molar-refractivity contribution in [3.05, 3.63) is 34.9 Å². The Morgan fingerprint density at radius 2 is 2.15 bits per heavy atom. The molecule has 6 heteroatoms. The Morgan fingerprint density at radius 3 is 2.80 bits per heavy atom. The quantitative estimate of drug-likeness (QED) is 0.870. The number of halogens is 2. The lowest BCUT2D eigenvalue weighted by Crippen LogP contribution is -2.44. The number of rotatable bonds is 5. The van der Waals surface area contributed by atoms with Gasteiger partial charge >= 0.3 is 0 Å². The fraction of sp³-hybridized carbons (Fsp3) is 0.500. The first kappa shape index (κ1) is 17.2. The van der Waals surface area contributed by atoms with Gasteiger partial charge in [-0.25, -0.2) is 0 Å². The van der Waals surface area contributed by atoms with E-state index in [2.05, 4.69) is 10.6 Å². The van der Waals surface area contributed by atoms with Gasteiger partial charge in [-0.1, -0.05) is 23.7 Å². The van der Waals surface area contributed by atoms with Gasteiger partial charge in [0.2, 0.25) is 5.91 Å². The zero-order valence-electron chi connectivity index (χ0n) is 11.2. The summed E-state index contributed by atoms with van der Waals surface area (Å²) < 4.78 is 5.31. The maximum absolute atomic E-state index is 11.7. The number of morpholine rings is 1. The summed E-state index contributed by atoms with van der Waals surface area (Å²) in [6.45, 7) is 2.82. The van der Waals surface area contributed by atoms with Gasteiger partial charge in [0.15, 0.2) is 0 Å². The highest BCUT2D eigenvalue weighted by Gasteiger charge is 2.16. The standard InChI is InChI=1S/C14H19ClN2O2.ClH/c15-12-3-1-11(2-4-12)5-6-17-14(18)9-13-10-19-8-7-16-13;/h1-4,13,16H,5-10H2,(H,17,18);1H. The van der Waals surface area contributed by atoms with Crippen LogP contribution in [0, 0.1) is 0 Å². The van der Waals surface area contributed by atoms with Crippen LogP contribution in [-0.2, 0) is 16.0 Å². The zero-order chi connectivity index (χ0) is 13.5. The van der Waals surface area contributed by atoms with E-state index in [-0.39, 0.29) is 24.4 Å². The molecule has 1 aliphatic rings. The van der Waals surface area contributed by atoms with Crippen molar-refractivity contribution in [3.63, 3.8) is 0 Å². The smallest absolute Gasteiger partial charge is 0.221 e. The molecule has 0 aromatic heterocycles. The number of hydrogen-bond acceptors (Lipinski definition) is 3. The fourth-order valence-electron chi connectivity index (χ4n) is 2.04. The van der Waals surface area contributed by atoms with Crippen molar-refractivity contribution in [1.82, 2.24) is 10.6 Å². The van der Waals surface area contributed by atoms with Crippen LogP contribution in [0.25, 0.3) is 0 Å². The second-order valence-corrected chi connectivity index (χ2v) is 5.09. The first-order chi connectivity index (χ1) is 9.24. The van der Waals surface area contributed by atoms with Crippen LogP contribution in [0.3, 0.4) is 0 Å². The van der Waals surface area contributed by atoms with Crippen molar-refractivity contribution in [2.24, 2.45) is 0 Å². The van der Waals surface area contributed by atoms with Crippen LogP contribution in [0.15, 0.2) is 24.3 Å². The van der Waals surface area contributed by atoms with Gasteiger partial charge in [-0.2, -0.15) is 0 Å². The molecular formula is C14H20Cl2N2O2. The Balaban J connectivity index is 0.00000200. The fourth-order valence-corrected chi connectivity index (χ4v) is 2.17. The van der Waals surface area contributed by atoms with Gasteiger partial charge in [-0.15, -0.1) is 12.4 Å². The maximum atomic E-state index is 11.7. The van der Waals surface area contributed by atoms with E-state index in [4.69, 9.17) is 16.3 Å². The van der Waals surface area contributed by atoms with Gasteiger partial charge in [0, 0.05) is 30.6 Å². The second-order valence-electron chi connectivity index (χ2n) is 4.66. The Kier molecular flexibility index (Phi) is 7.92. The van der Waals surface area contributed by atoms with Crippen LogP contribution < -0.4 is 10.6 Å². The predicted molar refractivity (Wildman–Crippen MR) is 82.6 cm³/mol. The molecule has 1 atom stereocenters. The lowest BCUT2D eigenvalue weighted by Gasteiger charge is -2.23. The molecule has 1 unspecified atom stereocenters. The minimum Gasteiger partial charge on any atom is -0.378 e. The average Bonchev–Trinajstić information content (AvgIpc) is 2.42. The zero-order valence-corrected chi connectivity index (χ0v) is 12.8. The third-order valence-electron chi connectivity index (χ3n) is 3.08. The van der Waals surface area contributed by atoms with E-state index in [1.54, 1.807) is 0 Å². The molecule has 0 radical (unpaired) electrons. The molecule has 112 valence electrons. The van der Waals surface area contributed by atoms with Crippen molar-refractivity contribution in [2.75, 3.05) is 26.3 Å². The first-order valence-corrected chi connectivity index (χ1v) is 6.94. The second kappa shape index (κ2) is 9.19. The first-order valence-electron chi connectivity index (χ1n) is 6.56. The third-order valence-corrected chi connectivity index (χ3v) is 3.33. The van der Waals surface area contributed by atoms with E-state index < -0.39 is 0 Å². The van der Waals surface area contributed by atoms with Crippen LogP contribution in [0.4, 0.5) is 0 Å². The number of nitrogens with one attached hydrogen (secondary N) is 2. The summed E-state index contributed by atoms with van der Waals surface area (Å²) >= 11 is 5.82. The summed E-state index contributed by atoms with van der Waals surface area (Å²) in [5.74, 6) is 0.0666. The molecule has 20 heavy (non-hydrogen) atoms. The Labute approximate surface area is 130 Å². The molecule has 0 bridgehead atoms.